The van der Waals surface area contributed by atoms with Crippen molar-refractivity contribution in [3.8, 4) is 5.75 Å². The number of ether oxygens (including phenoxy) is 1. The second-order valence-electron chi connectivity index (χ2n) is 7.00. The predicted molar refractivity (Wildman–Crippen MR) is 116 cm³/mol. The summed E-state index contributed by atoms with van der Waals surface area (Å²) in [6.07, 6.45) is 3.93. The summed E-state index contributed by atoms with van der Waals surface area (Å²) < 4.78 is 5.80. The van der Waals surface area contributed by atoms with Gasteiger partial charge in [0.1, 0.15) is 5.75 Å². The number of anilines is 3. The van der Waals surface area contributed by atoms with Gasteiger partial charge < -0.3 is 15.4 Å². The van der Waals surface area contributed by atoms with Crippen molar-refractivity contribution < 1.29 is 9.53 Å². The maximum Gasteiger partial charge on any atom is 0.258 e. The third kappa shape index (κ3) is 5.10. The van der Waals surface area contributed by atoms with E-state index in [4.69, 9.17) is 4.74 Å². The van der Waals surface area contributed by atoms with E-state index >= 15 is 0 Å². The summed E-state index contributed by atoms with van der Waals surface area (Å²) in [7, 11) is 0. The van der Waals surface area contributed by atoms with Crippen LogP contribution in [0.15, 0.2) is 54.9 Å². The van der Waals surface area contributed by atoms with Crippen LogP contribution in [0.25, 0.3) is 0 Å². The van der Waals surface area contributed by atoms with E-state index in [-0.39, 0.29) is 12.0 Å². The minimum absolute atomic E-state index is 0.0550. The van der Waals surface area contributed by atoms with Gasteiger partial charge in [0.05, 0.1) is 17.4 Å². The van der Waals surface area contributed by atoms with Crippen LogP contribution in [-0.2, 0) is 6.42 Å². The van der Waals surface area contributed by atoms with Gasteiger partial charge in [-0.2, -0.15) is 0 Å². The first-order valence-electron chi connectivity index (χ1n) is 9.72. The third-order valence-corrected chi connectivity index (χ3v) is 4.39. The lowest BCUT2D eigenvalue weighted by molar-refractivity contribution is 0.102. The third-order valence-electron chi connectivity index (χ3n) is 4.39. The maximum absolute atomic E-state index is 12.6. The van der Waals surface area contributed by atoms with Crippen LogP contribution in [-0.4, -0.2) is 22.0 Å². The molecule has 29 heavy (non-hydrogen) atoms. The van der Waals surface area contributed by atoms with E-state index in [1.165, 1.54) is 12.4 Å². The molecule has 0 unspecified atom stereocenters. The van der Waals surface area contributed by atoms with E-state index in [0.29, 0.717) is 11.5 Å². The Bertz CT molecular complexity index is 984. The molecular weight excluding hydrogens is 364 g/mol. The number of para-hydroxylation sites is 3. The zero-order valence-corrected chi connectivity index (χ0v) is 17.2. The highest BCUT2D eigenvalue weighted by Crippen LogP contribution is 2.27. The highest BCUT2D eigenvalue weighted by atomic mass is 16.5. The summed E-state index contributed by atoms with van der Waals surface area (Å²) in [6.45, 7) is 7.99. The van der Waals surface area contributed by atoms with E-state index in [1.807, 2.05) is 63.2 Å². The summed E-state index contributed by atoms with van der Waals surface area (Å²) in [5, 5.41) is 6.13. The van der Waals surface area contributed by atoms with Gasteiger partial charge in [0, 0.05) is 18.1 Å². The van der Waals surface area contributed by atoms with E-state index < -0.39 is 0 Å². The number of amides is 1. The molecule has 0 spiro atoms. The van der Waals surface area contributed by atoms with E-state index in [9.17, 15) is 4.79 Å². The molecule has 6 heteroatoms. The summed E-state index contributed by atoms with van der Waals surface area (Å²) in [6, 6.07) is 13.6. The van der Waals surface area contributed by atoms with Crippen molar-refractivity contribution >= 4 is 23.2 Å². The van der Waals surface area contributed by atoms with Crippen LogP contribution >= 0.6 is 0 Å². The Kier molecular flexibility index (Phi) is 6.44. The molecule has 0 aliphatic carbocycles. The minimum atomic E-state index is -0.232. The molecular formula is C23H26N4O2. The van der Waals surface area contributed by atoms with E-state index in [0.717, 1.165) is 34.7 Å². The Morgan fingerprint density at radius 1 is 1.07 bits per heavy atom. The van der Waals surface area contributed by atoms with Crippen molar-refractivity contribution in [1.82, 2.24) is 9.97 Å². The van der Waals surface area contributed by atoms with E-state index in [2.05, 4.69) is 27.5 Å². The van der Waals surface area contributed by atoms with Crippen molar-refractivity contribution in [3.05, 3.63) is 71.5 Å². The van der Waals surface area contributed by atoms with Crippen LogP contribution < -0.4 is 15.4 Å². The first-order valence-corrected chi connectivity index (χ1v) is 9.72. The number of benzene rings is 2. The van der Waals surface area contributed by atoms with Crippen LogP contribution in [0, 0.1) is 6.92 Å². The van der Waals surface area contributed by atoms with Crippen molar-refractivity contribution in [2.45, 2.75) is 40.2 Å². The Morgan fingerprint density at radius 2 is 1.79 bits per heavy atom. The number of carbonyl (C=O) groups excluding carboxylic acids is 1. The molecule has 0 radical (unpaired) electrons. The van der Waals surface area contributed by atoms with Gasteiger partial charge in [0.2, 0.25) is 5.95 Å². The van der Waals surface area contributed by atoms with Crippen molar-refractivity contribution in [3.63, 3.8) is 0 Å². The van der Waals surface area contributed by atoms with Gasteiger partial charge in [0.15, 0.2) is 0 Å². The number of aryl methyl sites for hydroxylation is 2. The molecule has 0 saturated carbocycles. The molecule has 0 atom stereocenters. The first-order chi connectivity index (χ1) is 14.0. The highest BCUT2D eigenvalue weighted by molar-refractivity contribution is 6.04. The minimum Gasteiger partial charge on any atom is -0.489 e. The zero-order chi connectivity index (χ0) is 20.8. The standard InChI is InChI=1S/C23H26N4O2/c1-5-17-10-8-9-16(4)21(17)27-22(28)18-13-24-23(25-14-18)26-19-11-6-7-12-20(19)29-15(2)3/h6-15H,5H2,1-4H3,(H,27,28)(H,24,25,26). The lowest BCUT2D eigenvalue weighted by atomic mass is 10.1. The summed E-state index contributed by atoms with van der Waals surface area (Å²) in [5.74, 6) is 0.884. The molecule has 1 aromatic heterocycles. The summed E-state index contributed by atoms with van der Waals surface area (Å²) in [5.41, 5.74) is 4.14. The van der Waals surface area contributed by atoms with Gasteiger partial charge in [-0.25, -0.2) is 9.97 Å². The smallest absolute Gasteiger partial charge is 0.258 e. The number of carbonyl (C=O) groups is 1. The van der Waals surface area contributed by atoms with Gasteiger partial charge in [0.25, 0.3) is 5.91 Å². The molecule has 0 aliphatic rings. The maximum atomic E-state index is 12.6. The number of hydrogen-bond acceptors (Lipinski definition) is 5. The Hall–Kier alpha value is -3.41. The molecule has 3 rings (SSSR count). The van der Waals surface area contributed by atoms with Crippen LogP contribution in [0.3, 0.4) is 0 Å². The molecule has 2 aromatic carbocycles. The van der Waals surface area contributed by atoms with Crippen LogP contribution in [0.1, 0.15) is 42.3 Å². The number of aromatic nitrogens is 2. The zero-order valence-electron chi connectivity index (χ0n) is 17.2. The first kappa shape index (κ1) is 20.3. The lowest BCUT2D eigenvalue weighted by Crippen LogP contribution is -2.15. The van der Waals surface area contributed by atoms with Crippen LogP contribution in [0.4, 0.5) is 17.3 Å². The monoisotopic (exact) mass is 390 g/mol. The summed E-state index contributed by atoms with van der Waals surface area (Å²) in [4.78, 5) is 21.2. The number of rotatable bonds is 7. The predicted octanol–water partition coefficient (Wildman–Crippen LogP) is 5.13. The number of nitrogens with zero attached hydrogens (tertiary/aromatic N) is 2. The number of nitrogens with one attached hydrogen (secondary N) is 2. The second kappa shape index (κ2) is 9.19. The summed E-state index contributed by atoms with van der Waals surface area (Å²) >= 11 is 0. The molecule has 1 heterocycles. The number of hydrogen-bond donors (Lipinski definition) is 2. The van der Waals surface area contributed by atoms with Gasteiger partial charge in [-0.15, -0.1) is 0 Å². The Labute approximate surface area is 171 Å². The molecule has 150 valence electrons. The van der Waals surface area contributed by atoms with Gasteiger partial charge >= 0.3 is 0 Å². The molecule has 0 saturated heterocycles. The molecule has 0 bridgehead atoms. The normalized spacial score (nSPS) is 10.7. The van der Waals surface area contributed by atoms with Crippen LogP contribution in [0.5, 0.6) is 5.75 Å². The van der Waals surface area contributed by atoms with Gasteiger partial charge in [-0.1, -0.05) is 37.3 Å². The lowest BCUT2D eigenvalue weighted by Gasteiger charge is -2.15. The molecule has 1 amide bonds. The SMILES string of the molecule is CCc1cccc(C)c1NC(=O)c1cnc(Nc2ccccc2OC(C)C)nc1. The highest BCUT2D eigenvalue weighted by Gasteiger charge is 2.12. The topological polar surface area (TPSA) is 76.1 Å². The molecule has 6 nitrogen and oxygen atoms in total. The van der Waals surface area contributed by atoms with Crippen molar-refractivity contribution in [2.24, 2.45) is 0 Å². The fraction of sp³-hybridized carbons (Fsp3) is 0.261. The average molecular weight is 390 g/mol. The average Bonchev–Trinajstić information content (AvgIpc) is 2.71. The van der Waals surface area contributed by atoms with E-state index in [1.54, 1.807) is 0 Å². The molecule has 0 fully saturated rings. The molecule has 2 N–H and O–H groups in total. The Balaban J connectivity index is 1.74. The largest absolute Gasteiger partial charge is 0.489 e. The van der Waals surface area contributed by atoms with Crippen molar-refractivity contribution in [2.75, 3.05) is 10.6 Å². The Morgan fingerprint density at radius 3 is 2.48 bits per heavy atom. The van der Waals surface area contributed by atoms with Crippen molar-refractivity contribution in [1.29, 1.82) is 0 Å². The van der Waals surface area contributed by atoms with Gasteiger partial charge in [-0.3, -0.25) is 4.79 Å². The molecule has 0 aliphatic heterocycles. The second-order valence-corrected chi connectivity index (χ2v) is 7.00. The fourth-order valence-electron chi connectivity index (χ4n) is 2.94. The van der Waals surface area contributed by atoms with Crippen LogP contribution in [0.2, 0.25) is 0 Å². The molecule has 3 aromatic rings. The van der Waals surface area contributed by atoms with Gasteiger partial charge in [-0.05, 0) is 50.5 Å². The quantitative estimate of drug-likeness (QED) is 0.585. The fourth-order valence-corrected chi connectivity index (χ4v) is 2.94.